The number of ether oxygens (including phenoxy) is 1. The number of hydrogen-bond acceptors (Lipinski definition) is 3. The number of hydrogen-bond donors (Lipinski definition) is 3. The molecule has 0 spiro atoms. The summed E-state index contributed by atoms with van der Waals surface area (Å²) in [4.78, 5) is 15.6. The van der Waals surface area contributed by atoms with Crippen molar-refractivity contribution in [3.63, 3.8) is 0 Å². The maximum atomic E-state index is 11.5. The van der Waals surface area contributed by atoms with Gasteiger partial charge in [0, 0.05) is 38.7 Å². The van der Waals surface area contributed by atoms with E-state index in [2.05, 4.69) is 20.9 Å². The van der Waals surface area contributed by atoms with Crippen molar-refractivity contribution in [1.29, 1.82) is 0 Å². The van der Waals surface area contributed by atoms with Gasteiger partial charge in [-0.25, -0.2) is 0 Å². The molecule has 1 rings (SSSR count). The zero-order chi connectivity index (χ0) is 16.2. The number of methoxy groups -OCH3 is 1. The monoisotopic (exact) mass is 306 g/mol. The van der Waals surface area contributed by atoms with Crippen LogP contribution in [0, 0.1) is 0 Å². The highest BCUT2D eigenvalue weighted by molar-refractivity contribution is 5.81. The zero-order valence-corrected chi connectivity index (χ0v) is 13.6. The van der Waals surface area contributed by atoms with Crippen LogP contribution in [0.5, 0.6) is 5.75 Å². The second-order valence-corrected chi connectivity index (χ2v) is 4.76. The summed E-state index contributed by atoms with van der Waals surface area (Å²) < 4.78 is 5.31. The van der Waals surface area contributed by atoms with E-state index in [1.165, 1.54) is 0 Å². The summed E-state index contributed by atoms with van der Waals surface area (Å²) in [5.41, 5.74) is 1.05. The van der Waals surface area contributed by atoms with Gasteiger partial charge in [-0.3, -0.25) is 9.79 Å². The molecule has 0 bridgehead atoms. The van der Waals surface area contributed by atoms with E-state index in [1.54, 1.807) is 14.2 Å². The van der Waals surface area contributed by atoms with Gasteiger partial charge >= 0.3 is 0 Å². The van der Waals surface area contributed by atoms with Gasteiger partial charge in [-0.15, -0.1) is 0 Å². The molecule has 0 aromatic heterocycles. The summed E-state index contributed by atoms with van der Waals surface area (Å²) in [5.74, 6) is 1.55. The summed E-state index contributed by atoms with van der Waals surface area (Å²) in [5, 5.41) is 9.17. The molecule has 122 valence electrons. The van der Waals surface area contributed by atoms with Crippen LogP contribution < -0.4 is 20.7 Å². The van der Waals surface area contributed by atoms with E-state index >= 15 is 0 Å². The predicted octanol–water partition coefficient (Wildman–Crippen LogP) is 1.28. The van der Waals surface area contributed by atoms with Crippen LogP contribution in [0.25, 0.3) is 0 Å². The SMILES string of the molecule is CCCNC(=O)CCNC(=NC)NCc1ccccc1OC. The summed E-state index contributed by atoms with van der Waals surface area (Å²) in [7, 11) is 3.36. The van der Waals surface area contributed by atoms with Crippen LogP contribution in [0.1, 0.15) is 25.3 Å². The lowest BCUT2D eigenvalue weighted by atomic mass is 10.2. The van der Waals surface area contributed by atoms with Crippen molar-refractivity contribution in [1.82, 2.24) is 16.0 Å². The first-order valence-corrected chi connectivity index (χ1v) is 7.54. The van der Waals surface area contributed by atoms with Crippen LogP contribution >= 0.6 is 0 Å². The Bertz CT molecular complexity index is 489. The highest BCUT2D eigenvalue weighted by Crippen LogP contribution is 2.16. The molecule has 0 heterocycles. The van der Waals surface area contributed by atoms with Crippen molar-refractivity contribution in [2.45, 2.75) is 26.3 Å². The molecule has 0 aliphatic carbocycles. The molecule has 0 aliphatic rings. The molecule has 1 aromatic carbocycles. The van der Waals surface area contributed by atoms with Crippen LogP contribution in [0.2, 0.25) is 0 Å². The van der Waals surface area contributed by atoms with Gasteiger partial charge in [0.25, 0.3) is 0 Å². The fourth-order valence-corrected chi connectivity index (χ4v) is 1.90. The molecule has 0 fully saturated rings. The van der Waals surface area contributed by atoms with Crippen LogP contribution in [0.15, 0.2) is 29.3 Å². The quantitative estimate of drug-likeness (QED) is 0.499. The first-order chi connectivity index (χ1) is 10.7. The zero-order valence-electron chi connectivity index (χ0n) is 13.6. The average Bonchev–Trinajstić information content (AvgIpc) is 2.56. The summed E-state index contributed by atoms with van der Waals surface area (Å²) in [6, 6.07) is 7.82. The molecule has 6 nitrogen and oxygen atoms in total. The lowest BCUT2D eigenvalue weighted by Gasteiger charge is -2.13. The molecular formula is C16H26N4O2. The molecular weight excluding hydrogens is 280 g/mol. The van der Waals surface area contributed by atoms with Gasteiger partial charge in [-0.05, 0) is 12.5 Å². The van der Waals surface area contributed by atoms with E-state index in [1.807, 2.05) is 31.2 Å². The Morgan fingerprint density at radius 3 is 2.64 bits per heavy atom. The van der Waals surface area contributed by atoms with Crippen LogP contribution in [-0.2, 0) is 11.3 Å². The minimum absolute atomic E-state index is 0.0505. The maximum absolute atomic E-state index is 11.5. The van der Waals surface area contributed by atoms with E-state index in [9.17, 15) is 4.79 Å². The third kappa shape index (κ3) is 6.47. The Kier molecular flexibility index (Phi) is 8.49. The average molecular weight is 306 g/mol. The molecule has 0 saturated heterocycles. The third-order valence-electron chi connectivity index (χ3n) is 3.08. The topological polar surface area (TPSA) is 74.8 Å². The van der Waals surface area contributed by atoms with Crippen molar-refractivity contribution in [3.05, 3.63) is 29.8 Å². The lowest BCUT2D eigenvalue weighted by Crippen LogP contribution is -2.39. The van der Waals surface area contributed by atoms with Crippen LogP contribution in [0.4, 0.5) is 0 Å². The number of guanidine groups is 1. The van der Waals surface area contributed by atoms with Gasteiger partial charge in [-0.2, -0.15) is 0 Å². The van der Waals surface area contributed by atoms with Gasteiger partial charge in [0.15, 0.2) is 5.96 Å². The minimum Gasteiger partial charge on any atom is -0.496 e. The minimum atomic E-state index is 0.0505. The first kappa shape index (κ1) is 17.8. The summed E-state index contributed by atoms with van der Waals surface area (Å²) in [6.45, 7) is 3.90. The number of carbonyl (C=O) groups excluding carboxylic acids is 1. The van der Waals surface area contributed by atoms with Gasteiger partial charge in [0.2, 0.25) is 5.91 Å². The number of benzene rings is 1. The molecule has 1 aromatic rings. The number of rotatable bonds is 8. The highest BCUT2D eigenvalue weighted by atomic mass is 16.5. The number of para-hydroxylation sites is 1. The van der Waals surface area contributed by atoms with Gasteiger partial charge in [0.05, 0.1) is 7.11 Å². The van der Waals surface area contributed by atoms with Crippen molar-refractivity contribution in [3.8, 4) is 5.75 Å². The molecule has 0 saturated carbocycles. The second kappa shape index (κ2) is 10.5. The molecule has 6 heteroatoms. The predicted molar refractivity (Wildman–Crippen MR) is 89.1 cm³/mol. The Labute approximate surface area is 132 Å². The number of nitrogens with zero attached hydrogens (tertiary/aromatic N) is 1. The normalized spacial score (nSPS) is 11.0. The van der Waals surface area contributed by atoms with Crippen LogP contribution in [-0.4, -0.2) is 39.1 Å². The number of aliphatic imine (C=N–C) groups is 1. The van der Waals surface area contributed by atoms with Crippen LogP contribution in [0.3, 0.4) is 0 Å². The maximum Gasteiger partial charge on any atom is 0.221 e. The molecule has 0 aliphatic heterocycles. The molecule has 0 radical (unpaired) electrons. The van der Waals surface area contributed by atoms with Crippen molar-refractivity contribution < 1.29 is 9.53 Å². The molecule has 1 amide bonds. The van der Waals surface area contributed by atoms with E-state index in [0.717, 1.165) is 24.3 Å². The van der Waals surface area contributed by atoms with Gasteiger partial charge in [-0.1, -0.05) is 25.1 Å². The largest absolute Gasteiger partial charge is 0.496 e. The Morgan fingerprint density at radius 2 is 1.95 bits per heavy atom. The lowest BCUT2D eigenvalue weighted by molar-refractivity contribution is -0.120. The van der Waals surface area contributed by atoms with E-state index in [0.29, 0.717) is 25.5 Å². The Morgan fingerprint density at radius 1 is 1.18 bits per heavy atom. The molecule has 3 N–H and O–H groups in total. The van der Waals surface area contributed by atoms with Crippen molar-refractivity contribution in [2.75, 3.05) is 27.2 Å². The number of nitrogens with one attached hydrogen (secondary N) is 3. The number of carbonyl (C=O) groups is 1. The van der Waals surface area contributed by atoms with Gasteiger partial charge < -0.3 is 20.7 Å². The standard InChI is InChI=1S/C16H26N4O2/c1-4-10-18-15(21)9-11-19-16(17-2)20-12-13-7-5-6-8-14(13)22-3/h5-8H,4,9-12H2,1-3H3,(H,18,21)(H2,17,19,20). The van der Waals surface area contributed by atoms with E-state index in [4.69, 9.17) is 4.74 Å². The Balaban J connectivity index is 2.35. The molecule has 0 atom stereocenters. The van der Waals surface area contributed by atoms with Gasteiger partial charge in [0.1, 0.15) is 5.75 Å². The molecule has 22 heavy (non-hydrogen) atoms. The third-order valence-corrected chi connectivity index (χ3v) is 3.08. The summed E-state index contributed by atoms with van der Waals surface area (Å²) in [6.07, 6.45) is 1.37. The summed E-state index contributed by atoms with van der Waals surface area (Å²) >= 11 is 0. The number of amides is 1. The van der Waals surface area contributed by atoms with Crippen molar-refractivity contribution >= 4 is 11.9 Å². The fourth-order valence-electron chi connectivity index (χ4n) is 1.90. The van der Waals surface area contributed by atoms with E-state index < -0.39 is 0 Å². The highest BCUT2D eigenvalue weighted by Gasteiger charge is 2.04. The first-order valence-electron chi connectivity index (χ1n) is 7.54. The van der Waals surface area contributed by atoms with E-state index in [-0.39, 0.29) is 5.91 Å². The molecule has 0 unspecified atom stereocenters. The fraction of sp³-hybridized carbons (Fsp3) is 0.500. The van der Waals surface area contributed by atoms with Crippen molar-refractivity contribution in [2.24, 2.45) is 4.99 Å². The Hall–Kier alpha value is -2.24. The second-order valence-electron chi connectivity index (χ2n) is 4.76. The smallest absolute Gasteiger partial charge is 0.221 e.